The average molecular weight is 453 g/mol. The Balaban J connectivity index is 1.50. The molecule has 9 heteroatoms. The summed E-state index contributed by atoms with van der Waals surface area (Å²) in [5.74, 6) is 0.362. The Kier molecular flexibility index (Phi) is 5.84. The number of aromatic nitrogens is 5. The quantitative estimate of drug-likeness (QED) is 0.467. The number of carbonyl (C=O) groups is 1. The van der Waals surface area contributed by atoms with Gasteiger partial charge >= 0.3 is 0 Å². The van der Waals surface area contributed by atoms with E-state index in [0.29, 0.717) is 16.1 Å². The Morgan fingerprint density at radius 1 is 1.06 bits per heavy atom. The van der Waals surface area contributed by atoms with Crippen molar-refractivity contribution in [2.45, 2.75) is 34.1 Å². The number of rotatable bonds is 5. The van der Waals surface area contributed by atoms with Crippen molar-refractivity contribution in [2.75, 3.05) is 5.32 Å². The lowest BCUT2D eigenvalue weighted by Crippen LogP contribution is -2.15. The summed E-state index contributed by atoms with van der Waals surface area (Å²) in [6, 6.07) is 9.35. The van der Waals surface area contributed by atoms with Gasteiger partial charge in [-0.05, 0) is 45.9 Å². The van der Waals surface area contributed by atoms with Gasteiger partial charge in [-0.1, -0.05) is 23.7 Å². The van der Waals surface area contributed by atoms with E-state index in [0.717, 1.165) is 39.6 Å². The molecule has 0 unspecified atom stereocenters. The van der Waals surface area contributed by atoms with Crippen molar-refractivity contribution in [1.82, 2.24) is 24.7 Å². The number of carbonyl (C=O) groups excluding carboxylic acids is 1. The van der Waals surface area contributed by atoms with Crippen LogP contribution in [0, 0.1) is 27.7 Å². The average Bonchev–Trinajstić information content (AvgIpc) is 3.27. The van der Waals surface area contributed by atoms with E-state index in [1.807, 2.05) is 63.4 Å². The van der Waals surface area contributed by atoms with E-state index < -0.39 is 0 Å². The second-order valence-electron chi connectivity index (χ2n) is 7.28. The summed E-state index contributed by atoms with van der Waals surface area (Å²) in [4.78, 5) is 26.2. The van der Waals surface area contributed by atoms with Crippen LogP contribution in [0.15, 0.2) is 35.7 Å². The Labute approximate surface area is 189 Å². The molecule has 0 saturated heterocycles. The van der Waals surface area contributed by atoms with Crippen molar-refractivity contribution < 1.29 is 4.79 Å². The van der Waals surface area contributed by atoms with Gasteiger partial charge in [-0.15, -0.1) is 11.3 Å². The van der Waals surface area contributed by atoms with Gasteiger partial charge in [-0.25, -0.2) is 19.6 Å². The van der Waals surface area contributed by atoms with Crippen molar-refractivity contribution >= 4 is 34.0 Å². The molecule has 0 atom stereocenters. The first-order valence-corrected chi connectivity index (χ1v) is 10.9. The fraction of sp³-hybridized carbons (Fsp3) is 0.227. The van der Waals surface area contributed by atoms with Crippen LogP contribution in [-0.2, 0) is 11.2 Å². The standard InChI is InChI=1S/C22H21ClN6OS/c1-12-9-13(2)25-21(24-12)29-15(4)18(14(3)28-29)10-20(30)27-22-26-19(11-31-22)16-5-7-17(23)8-6-16/h5-9,11H,10H2,1-4H3,(H,26,27,30). The van der Waals surface area contributed by atoms with Gasteiger partial charge in [0, 0.05) is 38.6 Å². The lowest BCUT2D eigenvalue weighted by Gasteiger charge is -2.06. The maximum absolute atomic E-state index is 12.7. The van der Waals surface area contributed by atoms with Gasteiger partial charge in [0.1, 0.15) is 0 Å². The van der Waals surface area contributed by atoms with Crippen LogP contribution in [0.3, 0.4) is 0 Å². The summed E-state index contributed by atoms with van der Waals surface area (Å²) in [5.41, 5.74) is 5.96. The minimum atomic E-state index is -0.149. The number of thiazole rings is 1. The van der Waals surface area contributed by atoms with Gasteiger partial charge in [0.2, 0.25) is 5.91 Å². The largest absolute Gasteiger partial charge is 0.302 e. The van der Waals surface area contributed by atoms with Gasteiger partial charge in [-0.3, -0.25) is 4.79 Å². The number of benzene rings is 1. The SMILES string of the molecule is Cc1cc(C)nc(-n2nc(C)c(CC(=O)Nc3nc(-c4ccc(Cl)cc4)cs3)c2C)n1. The first-order chi connectivity index (χ1) is 14.8. The molecular weight excluding hydrogens is 432 g/mol. The Morgan fingerprint density at radius 2 is 1.74 bits per heavy atom. The summed E-state index contributed by atoms with van der Waals surface area (Å²) in [6.45, 7) is 7.65. The van der Waals surface area contributed by atoms with E-state index in [1.54, 1.807) is 4.68 Å². The van der Waals surface area contributed by atoms with Crippen molar-refractivity contribution in [3.63, 3.8) is 0 Å². The molecule has 1 N–H and O–H groups in total. The van der Waals surface area contributed by atoms with Crippen LogP contribution >= 0.6 is 22.9 Å². The van der Waals surface area contributed by atoms with E-state index in [1.165, 1.54) is 11.3 Å². The van der Waals surface area contributed by atoms with Crippen molar-refractivity contribution in [1.29, 1.82) is 0 Å². The zero-order valence-electron chi connectivity index (χ0n) is 17.6. The zero-order chi connectivity index (χ0) is 22.1. The Hall–Kier alpha value is -3.10. The van der Waals surface area contributed by atoms with Crippen molar-refractivity contribution in [3.05, 3.63) is 69.1 Å². The number of hydrogen-bond donors (Lipinski definition) is 1. The molecule has 7 nitrogen and oxygen atoms in total. The predicted molar refractivity (Wildman–Crippen MR) is 123 cm³/mol. The molecule has 1 amide bonds. The molecule has 158 valence electrons. The van der Waals surface area contributed by atoms with Gasteiger partial charge in [0.15, 0.2) is 5.13 Å². The third kappa shape index (κ3) is 4.65. The molecule has 3 aromatic heterocycles. The Bertz CT molecular complexity index is 1240. The molecule has 31 heavy (non-hydrogen) atoms. The third-order valence-corrected chi connectivity index (χ3v) is 5.84. The molecule has 0 saturated carbocycles. The highest BCUT2D eigenvalue weighted by Crippen LogP contribution is 2.26. The summed E-state index contributed by atoms with van der Waals surface area (Å²) in [7, 11) is 0. The van der Waals surface area contributed by atoms with Crippen LogP contribution in [0.25, 0.3) is 17.2 Å². The summed E-state index contributed by atoms with van der Waals surface area (Å²) >= 11 is 7.33. The first kappa shape index (κ1) is 21.1. The number of aryl methyl sites for hydroxylation is 3. The predicted octanol–water partition coefficient (Wildman–Crippen LogP) is 4.85. The van der Waals surface area contributed by atoms with E-state index >= 15 is 0 Å². The molecule has 0 radical (unpaired) electrons. The Morgan fingerprint density at radius 3 is 2.42 bits per heavy atom. The molecule has 0 bridgehead atoms. The molecule has 0 aliphatic rings. The van der Waals surface area contributed by atoms with Crippen LogP contribution in [0.4, 0.5) is 5.13 Å². The minimum absolute atomic E-state index is 0.149. The molecule has 4 rings (SSSR count). The molecule has 4 aromatic rings. The van der Waals surface area contributed by atoms with Crippen LogP contribution < -0.4 is 5.32 Å². The number of nitrogens with zero attached hydrogens (tertiary/aromatic N) is 5. The highest BCUT2D eigenvalue weighted by Gasteiger charge is 2.18. The second-order valence-corrected chi connectivity index (χ2v) is 8.58. The summed E-state index contributed by atoms with van der Waals surface area (Å²) < 4.78 is 1.69. The smallest absolute Gasteiger partial charge is 0.251 e. The van der Waals surface area contributed by atoms with Crippen LogP contribution in [0.2, 0.25) is 5.02 Å². The number of anilines is 1. The van der Waals surface area contributed by atoms with Gasteiger partial charge < -0.3 is 5.32 Å². The fourth-order valence-electron chi connectivity index (χ4n) is 3.34. The fourth-order valence-corrected chi connectivity index (χ4v) is 4.20. The van der Waals surface area contributed by atoms with E-state index in [2.05, 4.69) is 25.4 Å². The molecule has 0 spiro atoms. The summed E-state index contributed by atoms with van der Waals surface area (Å²) in [6.07, 6.45) is 0.193. The number of nitrogens with one attached hydrogen (secondary N) is 1. The lowest BCUT2D eigenvalue weighted by molar-refractivity contribution is -0.115. The molecular formula is C22H21ClN6OS. The minimum Gasteiger partial charge on any atom is -0.302 e. The number of hydrogen-bond acceptors (Lipinski definition) is 6. The van der Waals surface area contributed by atoms with Crippen LogP contribution in [0.5, 0.6) is 0 Å². The van der Waals surface area contributed by atoms with Gasteiger partial charge in [0.05, 0.1) is 17.8 Å². The van der Waals surface area contributed by atoms with Gasteiger partial charge in [-0.2, -0.15) is 5.10 Å². The van der Waals surface area contributed by atoms with Crippen LogP contribution in [0.1, 0.15) is 28.3 Å². The van der Waals surface area contributed by atoms with Gasteiger partial charge in [0.25, 0.3) is 5.95 Å². The third-order valence-electron chi connectivity index (χ3n) is 4.83. The zero-order valence-corrected chi connectivity index (χ0v) is 19.2. The maximum Gasteiger partial charge on any atom is 0.251 e. The van der Waals surface area contributed by atoms with Crippen LogP contribution in [-0.4, -0.2) is 30.6 Å². The van der Waals surface area contributed by atoms with Crippen molar-refractivity contribution in [3.8, 4) is 17.2 Å². The van der Waals surface area contributed by atoms with E-state index in [4.69, 9.17) is 11.6 Å². The molecule has 3 heterocycles. The maximum atomic E-state index is 12.7. The first-order valence-electron chi connectivity index (χ1n) is 9.69. The van der Waals surface area contributed by atoms with E-state index in [9.17, 15) is 4.79 Å². The molecule has 0 fully saturated rings. The highest BCUT2D eigenvalue weighted by atomic mass is 35.5. The number of halogens is 1. The van der Waals surface area contributed by atoms with Crippen molar-refractivity contribution in [2.24, 2.45) is 0 Å². The summed E-state index contributed by atoms with van der Waals surface area (Å²) in [5, 5.41) is 10.6. The highest BCUT2D eigenvalue weighted by molar-refractivity contribution is 7.14. The molecule has 1 aromatic carbocycles. The number of amides is 1. The topological polar surface area (TPSA) is 85.6 Å². The normalized spacial score (nSPS) is 11.0. The second kappa shape index (κ2) is 8.56. The molecule has 0 aliphatic carbocycles. The molecule has 0 aliphatic heterocycles. The van der Waals surface area contributed by atoms with E-state index in [-0.39, 0.29) is 12.3 Å². The lowest BCUT2D eigenvalue weighted by atomic mass is 10.1. The monoisotopic (exact) mass is 452 g/mol.